The Morgan fingerprint density at radius 3 is 2.53 bits per heavy atom. The molecule has 7 nitrogen and oxygen atoms in total. The van der Waals surface area contributed by atoms with E-state index in [1.807, 2.05) is 0 Å². The number of benzene rings is 2. The fourth-order valence-electron chi connectivity index (χ4n) is 4.79. The molecule has 2 heterocycles. The van der Waals surface area contributed by atoms with Crippen LogP contribution in [0, 0.1) is 5.82 Å². The Labute approximate surface area is 212 Å². The van der Waals surface area contributed by atoms with E-state index in [9.17, 15) is 18.8 Å². The Kier molecular flexibility index (Phi) is 7.48. The van der Waals surface area contributed by atoms with Crippen molar-refractivity contribution in [3.8, 4) is 0 Å². The third-order valence-electron chi connectivity index (χ3n) is 6.78. The van der Waals surface area contributed by atoms with Crippen LogP contribution in [0.2, 0.25) is 0 Å². The predicted octanol–water partition coefficient (Wildman–Crippen LogP) is 4.36. The van der Waals surface area contributed by atoms with E-state index in [1.54, 1.807) is 22.8 Å². The van der Waals surface area contributed by atoms with Crippen LogP contribution >= 0.6 is 11.8 Å². The van der Waals surface area contributed by atoms with Crippen LogP contribution in [0.4, 0.5) is 4.39 Å². The largest absolute Gasteiger partial charge is 0.376 e. The summed E-state index contributed by atoms with van der Waals surface area (Å²) in [4.78, 5) is 43.7. The van der Waals surface area contributed by atoms with Gasteiger partial charge in [0, 0.05) is 23.8 Å². The van der Waals surface area contributed by atoms with Gasteiger partial charge >= 0.3 is 0 Å². The number of nitrogens with zero attached hydrogens (tertiary/aromatic N) is 2. The minimum atomic E-state index is -0.409. The highest BCUT2D eigenvalue weighted by Gasteiger charge is 2.22. The summed E-state index contributed by atoms with van der Waals surface area (Å²) >= 11 is 1.16. The van der Waals surface area contributed by atoms with E-state index in [4.69, 9.17) is 9.72 Å². The van der Waals surface area contributed by atoms with Crippen LogP contribution in [0.1, 0.15) is 59.2 Å². The fraction of sp³-hybridized carbons (Fsp3) is 0.407. The number of carbonyl (C=O) groups excluding carboxylic acids is 2. The second-order valence-electron chi connectivity index (χ2n) is 9.35. The third kappa shape index (κ3) is 5.52. The van der Waals surface area contributed by atoms with Gasteiger partial charge in [0.1, 0.15) is 5.82 Å². The molecule has 1 aliphatic carbocycles. The molecule has 1 aliphatic heterocycles. The number of thioether (sulfide) groups is 1. The topological polar surface area (TPSA) is 90.3 Å². The van der Waals surface area contributed by atoms with Gasteiger partial charge in [-0.2, -0.15) is 0 Å². The Bertz CT molecular complexity index is 1330. The highest BCUT2D eigenvalue weighted by Crippen LogP contribution is 2.23. The van der Waals surface area contributed by atoms with Crippen LogP contribution in [-0.4, -0.2) is 45.7 Å². The Balaban J connectivity index is 1.44. The summed E-state index contributed by atoms with van der Waals surface area (Å²) in [7, 11) is 0. The molecule has 0 radical (unpaired) electrons. The van der Waals surface area contributed by atoms with Crippen molar-refractivity contribution >= 4 is 34.4 Å². The fourth-order valence-corrected chi connectivity index (χ4v) is 5.70. The molecule has 0 bridgehead atoms. The van der Waals surface area contributed by atoms with Gasteiger partial charge in [-0.1, -0.05) is 24.6 Å². The molecule has 2 fully saturated rings. The number of hydrogen-bond acceptors (Lipinski definition) is 6. The number of nitrogens with one attached hydrogen (secondary N) is 1. The third-order valence-corrected chi connectivity index (χ3v) is 7.76. The zero-order chi connectivity index (χ0) is 25.1. The van der Waals surface area contributed by atoms with Crippen LogP contribution < -0.4 is 10.9 Å². The number of aromatic nitrogens is 2. The molecule has 188 valence electrons. The van der Waals surface area contributed by atoms with Gasteiger partial charge in [-0.3, -0.25) is 19.0 Å². The van der Waals surface area contributed by atoms with Crippen molar-refractivity contribution in [3.63, 3.8) is 0 Å². The second-order valence-corrected chi connectivity index (χ2v) is 10.3. The van der Waals surface area contributed by atoms with Gasteiger partial charge in [-0.15, -0.1) is 0 Å². The molecule has 1 saturated carbocycles. The molecule has 1 aromatic heterocycles. The van der Waals surface area contributed by atoms with Gasteiger partial charge in [-0.05, 0) is 68.1 Å². The summed E-state index contributed by atoms with van der Waals surface area (Å²) in [6.45, 7) is 1.00. The lowest BCUT2D eigenvalue weighted by Gasteiger charge is -2.17. The maximum absolute atomic E-state index is 13.5. The molecule has 9 heteroatoms. The molecular formula is C27H28FN3O4S. The first-order valence-electron chi connectivity index (χ1n) is 12.4. The van der Waals surface area contributed by atoms with Crippen molar-refractivity contribution in [1.82, 2.24) is 14.9 Å². The number of rotatable bonds is 8. The van der Waals surface area contributed by atoms with E-state index in [0.29, 0.717) is 40.3 Å². The highest BCUT2D eigenvalue weighted by atomic mass is 32.2. The van der Waals surface area contributed by atoms with Gasteiger partial charge < -0.3 is 10.1 Å². The number of amides is 1. The molecule has 5 rings (SSSR count). The number of fused-ring (bicyclic) bond motifs is 1. The van der Waals surface area contributed by atoms with E-state index < -0.39 is 5.82 Å². The van der Waals surface area contributed by atoms with E-state index in [0.717, 1.165) is 50.3 Å². The molecule has 3 aromatic rings. The molecule has 2 aromatic carbocycles. The zero-order valence-corrected chi connectivity index (χ0v) is 20.7. The summed E-state index contributed by atoms with van der Waals surface area (Å²) in [5.74, 6) is -0.733. The van der Waals surface area contributed by atoms with E-state index in [-0.39, 0.29) is 35.1 Å². The molecular weight excluding hydrogens is 481 g/mol. The summed E-state index contributed by atoms with van der Waals surface area (Å²) in [5.41, 5.74) is 1.04. The maximum Gasteiger partial charge on any atom is 0.262 e. The summed E-state index contributed by atoms with van der Waals surface area (Å²) in [5, 5.41) is 3.88. The first kappa shape index (κ1) is 24.6. The van der Waals surface area contributed by atoms with Crippen LogP contribution in [0.5, 0.6) is 0 Å². The number of ketones is 1. The SMILES string of the molecule is O=C(CSc1nc2cc(C(=O)NC3CCCC3)ccc2c(=O)n1C[C@@H]1CCCO1)c1ccc(F)cc1. The molecule has 1 saturated heterocycles. The molecule has 0 spiro atoms. The molecule has 1 N–H and O–H groups in total. The Morgan fingerprint density at radius 1 is 1.06 bits per heavy atom. The molecule has 2 aliphatic rings. The lowest BCUT2D eigenvalue weighted by Crippen LogP contribution is -2.32. The first-order chi connectivity index (χ1) is 17.5. The quantitative estimate of drug-likeness (QED) is 0.276. The molecule has 1 amide bonds. The average Bonchev–Trinajstić information content (AvgIpc) is 3.59. The normalized spacial score (nSPS) is 18.1. The smallest absolute Gasteiger partial charge is 0.262 e. The summed E-state index contributed by atoms with van der Waals surface area (Å²) < 4.78 is 20.6. The van der Waals surface area contributed by atoms with Crippen molar-refractivity contribution in [3.05, 3.63) is 69.8 Å². The van der Waals surface area contributed by atoms with Crippen molar-refractivity contribution in [2.75, 3.05) is 12.4 Å². The monoisotopic (exact) mass is 509 g/mol. The minimum absolute atomic E-state index is 0.0387. The van der Waals surface area contributed by atoms with Crippen LogP contribution in [-0.2, 0) is 11.3 Å². The van der Waals surface area contributed by atoms with E-state index in [1.165, 1.54) is 24.3 Å². The van der Waals surface area contributed by atoms with E-state index in [2.05, 4.69) is 5.32 Å². The van der Waals surface area contributed by atoms with Gasteiger partial charge in [0.05, 0.1) is 29.3 Å². The number of carbonyl (C=O) groups is 2. The maximum atomic E-state index is 13.5. The standard InChI is InChI=1S/C27H28FN3O4S/c28-19-10-7-17(8-11-19)24(32)16-36-27-30-23-14-18(25(33)29-20-4-1-2-5-20)9-12-22(23)26(34)31(27)15-21-6-3-13-35-21/h7-12,14,20-21H,1-6,13,15-16H2,(H,29,33)/t21-/m0/s1. The highest BCUT2D eigenvalue weighted by molar-refractivity contribution is 7.99. The molecule has 36 heavy (non-hydrogen) atoms. The van der Waals surface area contributed by atoms with Gasteiger partial charge in [-0.25, -0.2) is 9.37 Å². The van der Waals surface area contributed by atoms with Crippen molar-refractivity contribution < 1.29 is 18.7 Å². The number of halogens is 1. The van der Waals surface area contributed by atoms with Crippen LogP contribution in [0.3, 0.4) is 0 Å². The first-order valence-corrected chi connectivity index (χ1v) is 13.3. The van der Waals surface area contributed by atoms with Crippen molar-refractivity contribution in [2.45, 2.75) is 62.4 Å². The zero-order valence-electron chi connectivity index (χ0n) is 19.9. The lowest BCUT2D eigenvalue weighted by atomic mass is 10.1. The van der Waals surface area contributed by atoms with Gasteiger partial charge in [0.25, 0.3) is 11.5 Å². The predicted molar refractivity (Wildman–Crippen MR) is 136 cm³/mol. The Hall–Kier alpha value is -3.04. The van der Waals surface area contributed by atoms with Crippen molar-refractivity contribution in [1.29, 1.82) is 0 Å². The summed E-state index contributed by atoms with van der Waals surface area (Å²) in [6, 6.07) is 10.5. The number of ether oxygens (including phenoxy) is 1. The van der Waals surface area contributed by atoms with Gasteiger partial charge in [0.15, 0.2) is 10.9 Å². The van der Waals surface area contributed by atoms with E-state index >= 15 is 0 Å². The lowest BCUT2D eigenvalue weighted by molar-refractivity contribution is 0.0935. The molecule has 0 unspecified atom stereocenters. The van der Waals surface area contributed by atoms with Crippen molar-refractivity contribution in [2.24, 2.45) is 0 Å². The summed E-state index contributed by atoms with van der Waals surface area (Å²) in [6.07, 6.45) is 5.89. The second kappa shape index (κ2) is 10.9. The van der Waals surface area contributed by atoms with Crippen LogP contribution in [0.15, 0.2) is 52.4 Å². The molecule has 1 atom stereocenters. The van der Waals surface area contributed by atoms with Gasteiger partial charge in [0.2, 0.25) is 0 Å². The average molecular weight is 510 g/mol. The number of Topliss-reactive ketones (excluding diaryl/α,β-unsaturated/α-hetero) is 1. The minimum Gasteiger partial charge on any atom is -0.376 e. The Morgan fingerprint density at radius 2 is 1.81 bits per heavy atom. The number of hydrogen-bond donors (Lipinski definition) is 1. The van der Waals surface area contributed by atoms with Crippen LogP contribution in [0.25, 0.3) is 10.9 Å².